The number of methoxy groups -OCH3 is 2. The summed E-state index contributed by atoms with van der Waals surface area (Å²) in [5.41, 5.74) is 0.575. The number of ether oxygens (including phenoxy) is 3. The predicted molar refractivity (Wildman–Crippen MR) is 91.6 cm³/mol. The average Bonchev–Trinajstić information content (AvgIpc) is 2.61. The van der Waals surface area contributed by atoms with Gasteiger partial charge in [0.25, 0.3) is 0 Å². The molecule has 0 bridgehead atoms. The van der Waals surface area contributed by atoms with Crippen LogP contribution in [0, 0.1) is 6.92 Å². The standard InChI is InChI=1S/C16H24N2O6S/c1-5-24-16(19)17-6-8-18(9-7-17)25(20,21)15-11-14(23-4)13(22-3)10-12(15)2/h10-11H,5-9H2,1-4H3. The Kier molecular flexibility index (Phi) is 6.12. The molecule has 8 nitrogen and oxygen atoms in total. The molecule has 0 aromatic heterocycles. The Morgan fingerprint density at radius 2 is 1.64 bits per heavy atom. The summed E-state index contributed by atoms with van der Waals surface area (Å²) in [5.74, 6) is 0.836. The number of piperazine rings is 1. The largest absolute Gasteiger partial charge is 0.493 e. The van der Waals surface area contributed by atoms with Gasteiger partial charge >= 0.3 is 6.09 Å². The van der Waals surface area contributed by atoms with Gasteiger partial charge in [0.2, 0.25) is 10.0 Å². The van der Waals surface area contributed by atoms with Crippen molar-refractivity contribution in [2.45, 2.75) is 18.7 Å². The van der Waals surface area contributed by atoms with E-state index in [9.17, 15) is 13.2 Å². The quantitative estimate of drug-likeness (QED) is 0.778. The molecule has 1 aliphatic heterocycles. The van der Waals surface area contributed by atoms with E-state index in [0.29, 0.717) is 36.8 Å². The lowest BCUT2D eigenvalue weighted by Crippen LogP contribution is -2.50. The molecule has 1 aromatic carbocycles. The molecular formula is C16H24N2O6S. The van der Waals surface area contributed by atoms with Gasteiger partial charge in [-0.2, -0.15) is 4.31 Å². The van der Waals surface area contributed by atoms with Gasteiger partial charge in [0.05, 0.1) is 25.7 Å². The second-order valence-electron chi connectivity index (χ2n) is 5.56. The van der Waals surface area contributed by atoms with Gasteiger partial charge in [0.1, 0.15) is 0 Å². The number of aryl methyl sites for hydroxylation is 1. The summed E-state index contributed by atoms with van der Waals surface area (Å²) in [4.78, 5) is 13.4. The van der Waals surface area contributed by atoms with Crippen LogP contribution in [0.5, 0.6) is 11.5 Å². The summed E-state index contributed by atoms with van der Waals surface area (Å²) >= 11 is 0. The minimum atomic E-state index is -3.69. The highest BCUT2D eigenvalue weighted by Crippen LogP contribution is 2.33. The van der Waals surface area contributed by atoms with Gasteiger partial charge < -0.3 is 19.1 Å². The highest BCUT2D eigenvalue weighted by atomic mass is 32.2. The lowest BCUT2D eigenvalue weighted by molar-refractivity contribution is 0.0934. The van der Waals surface area contributed by atoms with Gasteiger partial charge in [-0.25, -0.2) is 13.2 Å². The monoisotopic (exact) mass is 372 g/mol. The molecule has 0 saturated carbocycles. The van der Waals surface area contributed by atoms with Crippen LogP contribution < -0.4 is 9.47 Å². The number of carbonyl (C=O) groups excluding carboxylic acids is 1. The third-order valence-electron chi connectivity index (χ3n) is 4.06. The summed E-state index contributed by atoms with van der Waals surface area (Å²) in [6.07, 6.45) is -0.415. The molecule has 1 heterocycles. The van der Waals surface area contributed by atoms with Crippen molar-refractivity contribution >= 4 is 16.1 Å². The van der Waals surface area contributed by atoms with E-state index in [0.717, 1.165) is 0 Å². The van der Waals surface area contributed by atoms with Crippen LogP contribution in [0.25, 0.3) is 0 Å². The number of benzene rings is 1. The smallest absolute Gasteiger partial charge is 0.409 e. The Morgan fingerprint density at radius 3 is 2.16 bits per heavy atom. The maximum atomic E-state index is 13.0. The molecule has 0 spiro atoms. The summed E-state index contributed by atoms with van der Waals surface area (Å²) in [7, 11) is -0.733. The zero-order chi connectivity index (χ0) is 18.6. The van der Waals surface area contributed by atoms with Crippen molar-refractivity contribution in [2.24, 2.45) is 0 Å². The van der Waals surface area contributed by atoms with Crippen molar-refractivity contribution in [1.29, 1.82) is 0 Å². The second-order valence-corrected chi connectivity index (χ2v) is 7.47. The Hall–Kier alpha value is -2.00. The van der Waals surface area contributed by atoms with E-state index in [4.69, 9.17) is 14.2 Å². The second kappa shape index (κ2) is 7.92. The van der Waals surface area contributed by atoms with Crippen LogP contribution in [-0.4, -0.2) is 70.7 Å². The maximum Gasteiger partial charge on any atom is 0.409 e. The molecule has 0 atom stereocenters. The van der Waals surface area contributed by atoms with E-state index in [1.54, 1.807) is 19.9 Å². The van der Waals surface area contributed by atoms with E-state index in [-0.39, 0.29) is 18.0 Å². The van der Waals surface area contributed by atoms with E-state index in [2.05, 4.69) is 0 Å². The van der Waals surface area contributed by atoms with Crippen molar-refractivity contribution < 1.29 is 27.4 Å². The fourth-order valence-corrected chi connectivity index (χ4v) is 4.35. The highest BCUT2D eigenvalue weighted by Gasteiger charge is 2.32. The molecule has 25 heavy (non-hydrogen) atoms. The number of carbonyl (C=O) groups is 1. The third kappa shape index (κ3) is 3.98. The minimum Gasteiger partial charge on any atom is -0.493 e. The molecule has 1 fully saturated rings. The number of sulfonamides is 1. The molecule has 1 saturated heterocycles. The number of hydrogen-bond donors (Lipinski definition) is 0. The third-order valence-corrected chi connectivity index (χ3v) is 6.10. The van der Waals surface area contributed by atoms with Crippen LogP contribution in [0.2, 0.25) is 0 Å². The first-order chi connectivity index (χ1) is 11.8. The van der Waals surface area contributed by atoms with Gasteiger partial charge in [0.15, 0.2) is 11.5 Å². The summed E-state index contributed by atoms with van der Waals surface area (Å²) < 4.78 is 42.7. The fourth-order valence-electron chi connectivity index (χ4n) is 2.70. The zero-order valence-electron chi connectivity index (χ0n) is 14.9. The van der Waals surface area contributed by atoms with Gasteiger partial charge in [-0.1, -0.05) is 0 Å². The van der Waals surface area contributed by atoms with Crippen LogP contribution in [-0.2, 0) is 14.8 Å². The van der Waals surface area contributed by atoms with E-state index in [1.165, 1.54) is 29.5 Å². The van der Waals surface area contributed by atoms with Crippen molar-refractivity contribution in [3.8, 4) is 11.5 Å². The number of rotatable bonds is 5. The first kappa shape index (κ1) is 19.3. The van der Waals surface area contributed by atoms with Gasteiger partial charge in [-0.05, 0) is 25.5 Å². The fraction of sp³-hybridized carbons (Fsp3) is 0.562. The number of hydrogen-bond acceptors (Lipinski definition) is 6. The molecule has 1 aromatic rings. The lowest BCUT2D eigenvalue weighted by Gasteiger charge is -2.33. The Bertz CT molecular complexity index is 726. The Morgan fingerprint density at radius 1 is 1.08 bits per heavy atom. The molecule has 2 rings (SSSR count). The zero-order valence-corrected chi connectivity index (χ0v) is 15.8. The first-order valence-electron chi connectivity index (χ1n) is 7.99. The van der Waals surface area contributed by atoms with Crippen LogP contribution in [0.15, 0.2) is 17.0 Å². The first-order valence-corrected chi connectivity index (χ1v) is 9.43. The lowest BCUT2D eigenvalue weighted by atomic mass is 10.2. The van der Waals surface area contributed by atoms with E-state index >= 15 is 0 Å². The predicted octanol–water partition coefficient (Wildman–Crippen LogP) is 1.48. The summed E-state index contributed by atoms with van der Waals surface area (Å²) in [6, 6.07) is 3.11. The number of amides is 1. The van der Waals surface area contributed by atoms with Crippen LogP contribution in [0.4, 0.5) is 4.79 Å². The molecular weight excluding hydrogens is 348 g/mol. The Labute approximate surface area is 148 Å². The van der Waals surface area contributed by atoms with Crippen molar-refractivity contribution in [3.63, 3.8) is 0 Å². The van der Waals surface area contributed by atoms with Crippen LogP contribution >= 0.6 is 0 Å². The summed E-state index contributed by atoms with van der Waals surface area (Å²) in [5, 5.41) is 0. The van der Waals surface area contributed by atoms with Crippen molar-refractivity contribution in [3.05, 3.63) is 17.7 Å². The van der Waals surface area contributed by atoms with Gasteiger partial charge in [-0.3, -0.25) is 0 Å². The van der Waals surface area contributed by atoms with Crippen LogP contribution in [0.3, 0.4) is 0 Å². The van der Waals surface area contributed by atoms with E-state index < -0.39 is 16.1 Å². The van der Waals surface area contributed by atoms with Crippen molar-refractivity contribution in [2.75, 3.05) is 47.0 Å². The SMILES string of the molecule is CCOC(=O)N1CCN(S(=O)(=O)c2cc(OC)c(OC)cc2C)CC1. The minimum absolute atomic E-state index is 0.176. The molecule has 0 aliphatic carbocycles. The van der Waals surface area contributed by atoms with Crippen LogP contribution in [0.1, 0.15) is 12.5 Å². The molecule has 1 aliphatic rings. The molecule has 1 amide bonds. The molecule has 9 heteroatoms. The molecule has 0 unspecified atom stereocenters. The summed E-state index contributed by atoms with van der Waals surface area (Å²) in [6.45, 7) is 4.77. The topological polar surface area (TPSA) is 85.4 Å². The average molecular weight is 372 g/mol. The maximum absolute atomic E-state index is 13.0. The van der Waals surface area contributed by atoms with Crippen molar-refractivity contribution in [1.82, 2.24) is 9.21 Å². The number of nitrogens with zero attached hydrogens (tertiary/aromatic N) is 2. The highest BCUT2D eigenvalue weighted by molar-refractivity contribution is 7.89. The molecule has 0 N–H and O–H groups in total. The van der Waals surface area contributed by atoms with E-state index in [1.807, 2.05) is 0 Å². The molecule has 140 valence electrons. The van der Waals surface area contributed by atoms with Gasteiger partial charge in [-0.15, -0.1) is 0 Å². The molecule has 0 radical (unpaired) electrons. The Balaban J connectivity index is 2.22. The normalized spacial score (nSPS) is 15.8. The van der Waals surface area contributed by atoms with Gasteiger partial charge in [0, 0.05) is 32.2 Å².